The van der Waals surface area contributed by atoms with Gasteiger partial charge >= 0.3 is 5.97 Å². The topological polar surface area (TPSA) is 49.3 Å². The number of nitrogens with one attached hydrogen (secondary N) is 1. The number of carboxylic acids is 1. The molecule has 1 aliphatic carbocycles. The molecule has 0 unspecified atom stereocenters. The highest BCUT2D eigenvalue weighted by atomic mass is 32.2. The first-order valence-electron chi connectivity index (χ1n) is 5.19. The van der Waals surface area contributed by atoms with E-state index in [0.717, 1.165) is 38.0 Å². The fraction of sp³-hybridized carbons (Fsp3) is 0.900. The average Bonchev–Trinajstić information content (AvgIpc) is 2.19. The summed E-state index contributed by atoms with van der Waals surface area (Å²) in [5, 5.41) is 12.3. The van der Waals surface area contributed by atoms with Crippen LogP contribution in [0.4, 0.5) is 0 Å². The van der Waals surface area contributed by atoms with Gasteiger partial charge in [0.15, 0.2) is 0 Å². The van der Waals surface area contributed by atoms with E-state index in [1.807, 2.05) is 11.8 Å². The molecule has 0 heterocycles. The van der Waals surface area contributed by atoms with E-state index in [0.29, 0.717) is 6.04 Å². The van der Waals surface area contributed by atoms with Crippen molar-refractivity contribution in [2.75, 3.05) is 18.6 Å². The Bertz CT molecular complexity index is 179. The first-order valence-corrected chi connectivity index (χ1v) is 6.58. The van der Waals surface area contributed by atoms with Gasteiger partial charge in [-0.2, -0.15) is 11.8 Å². The van der Waals surface area contributed by atoms with Crippen molar-refractivity contribution in [2.24, 2.45) is 5.92 Å². The maximum Gasteiger partial charge on any atom is 0.306 e. The standard InChI is InChI=1S/C10H19NO2S/c1-14-7-6-11-9-4-2-8(3-5-9)10(12)13/h8-9,11H,2-7H2,1H3,(H,12,13). The smallest absolute Gasteiger partial charge is 0.306 e. The molecular formula is C10H19NO2S. The summed E-state index contributed by atoms with van der Waals surface area (Å²) in [6, 6.07) is 0.553. The molecule has 0 spiro atoms. The highest BCUT2D eigenvalue weighted by Crippen LogP contribution is 2.24. The minimum Gasteiger partial charge on any atom is -0.481 e. The number of rotatable bonds is 5. The van der Waals surface area contributed by atoms with Crippen LogP contribution in [-0.4, -0.2) is 35.7 Å². The zero-order chi connectivity index (χ0) is 10.4. The summed E-state index contributed by atoms with van der Waals surface area (Å²) >= 11 is 1.84. The van der Waals surface area contributed by atoms with Gasteiger partial charge in [0.05, 0.1) is 5.92 Å². The molecule has 0 amide bonds. The molecule has 0 aromatic heterocycles. The van der Waals surface area contributed by atoms with Gasteiger partial charge in [-0.25, -0.2) is 0 Å². The van der Waals surface area contributed by atoms with E-state index >= 15 is 0 Å². The number of carbonyl (C=O) groups is 1. The Morgan fingerprint density at radius 1 is 1.43 bits per heavy atom. The Balaban J connectivity index is 2.12. The lowest BCUT2D eigenvalue weighted by Gasteiger charge is -2.26. The van der Waals surface area contributed by atoms with Crippen LogP contribution in [0.2, 0.25) is 0 Å². The van der Waals surface area contributed by atoms with Crippen LogP contribution < -0.4 is 5.32 Å². The van der Waals surface area contributed by atoms with Gasteiger partial charge in [0, 0.05) is 18.3 Å². The van der Waals surface area contributed by atoms with E-state index < -0.39 is 5.97 Å². The Kier molecular flexibility index (Phi) is 5.33. The van der Waals surface area contributed by atoms with Gasteiger partial charge in [-0.05, 0) is 31.9 Å². The van der Waals surface area contributed by atoms with Crippen LogP contribution in [0.15, 0.2) is 0 Å². The molecule has 2 N–H and O–H groups in total. The Hall–Kier alpha value is -0.220. The number of hydrogen-bond acceptors (Lipinski definition) is 3. The molecule has 0 radical (unpaired) electrons. The molecule has 1 fully saturated rings. The van der Waals surface area contributed by atoms with Crippen LogP contribution in [0.3, 0.4) is 0 Å². The molecule has 0 saturated heterocycles. The lowest BCUT2D eigenvalue weighted by atomic mass is 9.86. The molecule has 0 aromatic rings. The van der Waals surface area contributed by atoms with Gasteiger partial charge in [0.2, 0.25) is 0 Å². The van der Waals surface area contributed by atoms with E-state index in [1.165, 1.54) is 0 Å². The summed E-state index contributed by atoms with van der Waals surface area (Å²) in [7, 11) is 0. The monoisotopic (exact) mass is 217 g/mol. The van der Waals surface area contributed by atoms with Gasteiger partial charge in [-0.15, -0.1) is 0 Å². The minimum absolute atomic E-state index is 0.0893. The summed E-state index contributed by atoms with van der Waals surface area (Å²) in [6.07, 6.45) is 5.82. The van der Waals surface area contributed by atoms with Crippen LogP contribution in [0.5, 0.6) is 0 Å². The predicted molar refractivity (Wildman–Crippen MR) is 59.8 cm³/mol. The number of aliphatic carboxylic acids is 1. The molecular weight excluding hydrogens is 198 g/mol. The normalized spacial score (nSPS) is 27.5. The Labute approximate surface area is 89.6 Å². The third-order valence-corrected chi connectivity index (χ3v) is 3.43. The Morgan fingerprint density at radius 3 is 2.57 bits per heavy atom. The van der Waals surface area contributed by atoms with Crippen molar-refractivity contribution in [1.82, 2.24) is 5.32 Å². The second-order valence-electron chi connectivity index (χ2n) is 3.83. The first kappa shape index (κ1) is 11.9. The minimum atomic E-state index is -0.618. The van der Waals surface area contributed by atoms with Crippen molar-refractivity contribution in [2.45, 2.75) is 31.7 Å². The van der Waals surface area contributed by atoms with Crippen LogP contribution in [0.1, 0.15) is 25.7 Å². The van der Waals surface area contributed by atoms with Crippen molar-refractivity contribution in [3.05, 3.63) is 0 Å². The fourth-order valence-electron chi connectivity index (χ4n) is 1.91. The maximum atomic E-state index is 10.7. The van der Waals surface area contributed by atoms with E-state index in [4.69, 9.17) is 5.11 Å². The van der Waals surface area contributed by atoms with Crippen molar-refractivity contribution in [3.8, 4) is 0 Å². The van der Waals surface area contributed by atoms with Crippen molar-refractivity contribution >= 4 is 17.7 Å². The maximum absolute atomic E-state index is 10.7. The summed E-state index contributed by atoms with van der Waals surface area (Å²) in [5.41, 5.74) is 0. The average molecular weight is 217 g/mol. The van der Waals surface area contributed by atoms with Gasteiger partial charge in [0.25, 0.3) is 0 Å². The number of hydrogen-bond donors (Lipinski definition) is 2. The highest BCUT2D eigenvalue weighted by Gasteiger charge is 2.25. The van der Waals surface area contributed by atoms with E-state index in [9.17, 15) is 4.79 Å². The van der Waals surface area contributed by atoms with Crippen molar-refractivity contribution in [3.63, 3.8) is 0 Å². The molecule has 1 saturated carbocycles. The molecule has 0 aliphatic heterocycles. The molecule has 1 rings (SSSR count). The Morgan fingerprint density at radius 2 is 2.07 bits per heavy atom. The van der Waals surface area contributed by atoms with Gasteiger partial charge in [-0.3, -0.25) is 4.79 Å². The van der Waals surface area contributed by atoms with Crippen LogP contribution in [-0.2, 0) is 4.79 Å². The molecule has 0 aromatic carbocycles. The van der Waals surface area contributed by atoms with Gasteiger partial charge < -0.3 is 10.4 Å². The van der Waals surface area contributed by atoms with Crippen molar-refractivity contribution in [1.29, 1.82) is 0 Å². The first-order chi connectivity index (χ1) is 6.74. The van der Waals surface area contributed by atoms with Crippen LogP contribution in [0, 0.1) is 5.92 Å². The fourth-order valence-corrected chi connectivity index (χ4v) is 2.23. The van der Waals surface area contributed by atoms with Crippen LogP contribution in [0.25, 0.3) is 0 Å². The molecule has 14 heavy (non-hydrogen) atoms. The SMILES string of the molecule is CSCCNC1CCC(C(=O)O)CC1. The van der Waals surface area contributed by atoms with E-state index in [1.54, 1.807) is 0 Å². The van der Waals surface area contributed by atoms with E-state index in [2.05, 4.69) is 11.6 Å². The second-order valence-corrected chi connectivity index (χ2v) is 4.82. The second kappa shape index (κ2) is 6.30. The number of carboxylic acid groups (broad SMARTS) is 1. The summed E-state index contributed by atoms with van der Waals surface area (Å²) in [4.78, 5) is 10.7. The number of thioether (sulfide) groups is 1. The quantitative estimate of drug-likeness (QED) is 0.687. The zero-order valence-electron chi connectivity index (χ0n) is 8.66. The molecule has 4 heteroatoms. The van der Waals surface area contributed by atoms with Crippen LogP contribution >= 0.6 is 11.8 Å². The summed E-state index contributed by atoms with van der Waals surface area (Å²) in [6.45, 7) is 1.05. The molecule has 0 bridgehead atoms. The van der Waals surface area contributed by atoms with Crippen molar-refractivity contribution < 1.29 is 9.90 Å². The van der Waals surface area contributed by atoms with Gasteiger partial charge in [-0.1, -0.05) is 0 Å². The summed E-state index contributed by atoms with van der Waals surface area (Å²) < 4.78 is 0. The predicted octanol–water partition coefficient (Wildman–Crippen LogP) is 1.58. The third kappa shape index (κ3) is 3.88. The summed E-state index contributed by atoms with van der Waals surface area (Å²) in [5.74, 6) is 0.431. The third-order valence-electron chi connectivity index (χ3n) is 2.82. The lowest BCUT2D eigenvalue weighted by Crippen LogP contribution is -2.36. The lowest BCUT2D eigenvalue weighted by molar-refractivity contribution is -0.142. The largest absolute Gasteiger partial charge is 0.481 e. The molecule has 82 valence electrons. The van der Waals surface area contributed by atoms with E-state index in [-0.39, 0.29) is 5.92 Å². The zero-order valence-corrected chi connectivity index (χ0v) is 9.48. The molecule has 1 aliphatic rings. The molecule has 0 atom stereocenters. The highest BCUT2D eigenvalue weighted by molar-refractivity contribution is 7.98. The molecule has 3 nitrogen and oxygen atoms in total. The van der Waals surface area contributed by atoms with Gasteiger partial charge in [0.1, 0.15) is 0 Å².